The van der Waals surface area contributed by atoms with E-state index in [0.29, 0.717) is 25.4 Å². The topological polar surface area (TPSA) is 64.1 Å². The number of piperidine rings is 2. The van der Waals surface area contributed by atoms with Crippen LogP contribution >= 0.6 is 0 Å². The van der Waals surface area contributed by atoms with Gasteiger partial charge in [0.25, 0.3) is 0 Å². The van der Waals surface area contributed by atoms with E-state index in [0.717, 1.165) is 38.9 Å². The van der Waals surface area contributed by atoms with Crippen molar-refractivity contribution < 1.29 is 14.7 Å². The third kappa shape index (κ3) is 4.33. The average molecular weight is 297 g/mol. The number of carboxylic acid groups (broad SMARTS) is 1. The van der Waals surface area contributed by atoms with Crippen LogP contribution in [0.4, 0.5) is 4.79 Å². The third-order valence-electron chi connectivity index (χ3n) is 4.55. The summed E-state index contributed by atoms with van der Waals surface area (Å²) in [5, 5.41) is 9.11. The number of amides is 2. The average Bonchev–Trinajstić information content (AvgIpc) is 2.47. The smallest absolute Gasteiger partial charge is 0.320 e. The van der Waals surface area contributed by atoms with E-state index in [1.54, 1.807) is 4.90 Å². The fourth-order valence-corrected chi connectivity index (χ4v) is 3.38. The second-order valence-electron chi connectivity index (χ2n) is 6.60. The number of carboxylic acids is 1. The van der Waals surface area contributed by atoms with Gasteiger partial charge in [-0.2, -0.15) is 0 Å². The van der Waals surface area contributed by atoms with Gasteiger partial charge >= 0.3 is 12.0 Å². The molecule has 0 aromatic carbocycles. The monoisotopic (exact) mass is 297 g/mol. The predicted octanol–water partition coefficient (Wildman–Crippen LogP) is 1.18. The van der Waals surface area contributed by atoms with Gasteiger partial charge in [0, 0.05) is 32.7 Å². The largest absolute Gasteiger partial charge is 0.481 e. The van der Waals surface area contributed by atoms with Gasteiger partial charge < -0.3 is 19.8 Å². The Kier molecular flexibility index (Phi) is 5.45. The lowest BCUT2D eigenvalue weighted by Crippen LogP contribution is -2.51. The van der Waals surface area contributed by atoms with Gasteiger partial charge in [0.05, 0.1) is 5.92 Å². The molecule has 120 valence electrons. The van der Waals surface area contributed by atoms with Gasteiger partial charge in [-0.05, 0) is 45.7 Å². The zero-order chi connectivity index (χ0) is 15.4. The van der Waals surface area contributed by atoms with E-state index >= 15 is 0 Å². The van der Waals surface area contributed by atoms with Crippen molar-refractivity contribution in [1.82, 2.24) is 14.7 Å². The second-order valence-corrected chi connectivity index (χ2v) is 6.60. The maximum absolute atomic E-state index is 12.5. The molecule has 2 amide bonds. The molecule has 0 bridgehead atoms. The molecular weight excluding hydrogens is 270 g/mol. The molecule has 6 nitrogen and oxygen atoms in total. The second kappa shape index (κ2) is 7.11. The molecule has 0 aliphatic carbocycles. The molecule has 2 fully saturated rings. The molecule has 2 rings (SSSR count). The molecule has 6 heteroatoms. The fraction of sp³-hybridized carbons (Fsp3) is 0.867. The number of likely N-dealkylation sites (tertiary alicyclic amines) is 2. The van der Waals surface area contributed by atoms with E-state index in [2.05, 4.69) is 19.0 Å². The number of nitrogens with zero attached hydrogens (tertiary/aromatic N) is 3. The summed E-state index contributed by atoms with van der Waals surface area (Å²) in [5.41, 5.74) is 0. The van der Waals surface area contributed by atoms with Gasteiger partial charge in [-0.3, -0.25) is 4.79 Å². The van der Waals surface area contributed by atoms with Crippen molar-refractivity contribution in [3.8, 4) is 0 Å². The zero-order valence-corrected chi connectivity index (χ0v) is 13.1. The van der Waals surface area contributed by atoms with Crippen LogP contribution in [0.2, 0.25) is 0 Å². The lowest BCUT2D eigenvalue weighted by atomic mass is 9.96. The Hall–Kier alpha value is -1.30. The van der Waals surface area contributed by atoms with Gasteiger partial charge in [-0.15, -0.1) is 0 Å². The van der Waals surface area contributed by atoms with Gasteiger partial charge in [0.1, 0.15) is 0 Å². The molecule has 2 saturated heterocycles. The Bertz CT molecular complexity index is 378. The van der Waals surface area contributed by atoms with Crippen molar-refractivity contribution in [2.24, 2.45) is 11.8 Å². The predicted molar refractivity (Wildman–Crippen MR) is 80.2 cm³/mol. The maximum Gasteiger partial charge on any atom is 0.320 e. The number of rotatable bonds is 3. The van der Waals surface area contributed by atoms with Crippen molar-refractivity contribution in [2.75, 3.05) is 46.8 Å². The van der Waals surface area contributed by atoms with Crippen molar-refractivity contribution in [1.29, 1.82) is 0 Å². The van der Waals surface area contributed by atoms with E-state index in [1.165, 1.54) is 0 Å². The first-order valence-corrected chi connectivity index (χ1v) is 7.88. The first-order chi connectivity index (χ1) is 9.97. The summed E-state index contributed by atoms with van der Waals surface area (Å²) in [6.07, 6.45) is 3.56. The highest BCUT2D eigenvalue weighted by atomic mass is 16.4. The van der Waals surface area contributed by atoms with Crippen LogP contribution in [0.15, 0.2) is 0 Å². The Labute approximate surface area is 126 Å². The highest BCUT2D eigenvalue weighted by Gasteiger charge is 2.32. The zero-order valence-electron chi connectivity index (χ0n) is 13.1. The van der Waals surface area contributed by atoms with Crippen LogP contribution in [-0.2, 0) is 4.79 Å². The third-order valence-corrected chi connectivity index (χ3v) is 4.55. The molecule has 0 spiro atoms. The number of urea groups is 1. The molecule has 0 aromatic rings. The van der Waals surface area contributed by atoms with Gasteiger partial charge in [0.2, 0.25) is 0 Å². The van der Waals surface area contributed by atoms with E-state index in [1.807, 2.05) is 4.90 Å². The van der Waals surface area contributed by atoms with Crippen LogP contribution in [-0.4, -0.2) is 78.6 Å². The molecule has 2 aliphatic heterocycles. The molecule has 0 saturated carbocycles. The summed E-state index contributed by atoms with van der Waals surface area (Å²) in [7, 11) is 4.16. The van der Waals surface area contributed by atoms with E-state index in [4.69, 9.17) is 5.11 Å². The Balaban J connectivity index is 1.82. The highest BCUT2D eigenvalue weighted by Crippen LogP contribution is 2.22. The van der Waals surface area contributed by atoms with E-state index < -0.39 is 11.9 Å². The van der Waals surface area contributed by atoms with Crippen molar-refractivity contribution in [3.05, 3.63) is 0 Å². The minimum atomic E-state index is -0.780. The van der Waals surface area contributed by atoms with Gasteiger partial charge in [-0.1, -0.05) is 0 Å². The lowest BCUT2D eigenvalue weighted by Gasteiger charge is -2.38. The quantitative estimate of drug-likeness (QED) is 0.849. The normalized spacial score (nSPS) is 24.4. The lowest BCUT2D eigenvalue weighted by molar-refractivity contribution is -0.143. The first kappa shape index (κ1) is 16.1. The summed E-state index contributed by atoms with van der Waals surface area (Å²) < 4.78 is 0. The minimum absolute atomic E-state index is 0.0317. The van der Waals surface area contributed by atoms with E-state index in [9.17, 15) is 9.59 Å². The fourth-order valence-electron chi connectivity index (χ4n) is 3.38. The molecular formula is C15H27N3O3. The maximum atomic E-state index is 12.5. The standard InChI is InChI=1S/C15H27N3O3/c1-16(2)10-12-5-8-17(9-6-12)15(21)18-7-3-4-13(11-18)14(19)20/h12-13H,3-11H2,1-2H3,(H,19,20)/t13-/m0/s1. The molecule has 2 aliphatic rings. The summed E-state index contributed by atoms with van der Waals surface area (Å²) in [5.74, 6) is -0.511. The SMILES string of the molecule is CN(C)CC1CCN(C(=O)N2CCC[C@H](C(=O)O)C2)CC1. The molecule has 21 heavy (non-hydrogen) atoms. The number of carbonyl (C=O) groups is 2. The Morgan fingerprint density at radius 3 is 2.33 bits per heavy atom. The van der Waals surface area contributed by atoms with Crippen LogP contribution in [0.1, 0.15) is 25.7 Å². The number of hydrogen-bond acceptors (Lipinski definition) is 3. The highest BCUT2D eigenvalue weighted by molar-refractivity contribution is 5.76. The molecule has 0 unspecified atom stereocenters. The van der Waals surface area contributed by atoms with Crippen LogP contribution in [0.5, 0.6) is 0 Å². The summed E-state index contributed by atoms with van der Waals surface area (Å²) in [6.45, 7) is 3.73. The van der Waals surface area contributed by atoms with Crippen LogP contribution in [0, 0.1) is 11.8 Å². The van der Waals surface area contributed by atoms with Gasteiger partial charge in [0.15, 0.2) is 0 Å². The van der Waals surface area contributed by atoms with Crippen molar-refractivity contribution in [3.63, 3.8) is 0 Å². The molecule has 1 atom stereocenters. The van der Waals surface area contributed by atoms with Crippen molar-refractivity contribution >= 4 is 12.0 Å². The van der Waals surface area contributed by atoms with Crippen LogP contribution in [0.3, 0.4) is 0 Å². The summed E-state index contributed by atoms with van der Waals surface area (Å²) in [4.78, 5) is 29.4. The summed E-state index contributed by atoms with van der Waals surface area (Å²) in [6, 6.07) is 0.0317. The van der Waals surface area contributed by atoms with Crippen molar-refractivity contribution in [2.45, 2.75) is 25.7 Å². The summed E-state index contributed by atoms with van der Waals surface area (Å²) >= 11 is 0. The molecule has 2 heterocycles. The van der Waals surface area contributed by atoms with Crippen LogP contribution in [0.25, 0.3) is 0 Å². The number of carbonyl (C=O) groups excluding carboxylic acids is 1. The molecule has 0 radical (unpaired) electrons. The minimum Gasteiger partial charge on any atom is -0.481 e. The number of hydrogen-bond donors (Lipinski definition) is 1. The molecule has 0 aromatic heterocycles. The number of aliphatic carboxylic acids is 1. The van der Waals surface area contributed by atoms with Gasteiger partial charge in [-0.25, -0.2) is 4.79 Å². The van der Waals surface area contributed by atoms with Crippen LogP contribution < -0.4 is 0 Å². The first-order valence-electron chi connectivity index (χ1n) is 7.88. The Morgan fingerprint density at radius 2 is 1.76 bits per heavy atom. The molecule has 1 N–H and O–H groups in total. The van der Waals surface area contributed by atoms with E-state index in [-0.39, 0.29) is 6.03 Å². The Morgan fingerprint density at radius 1 is 1.10 bits per heavy atom.